The Morgan fingerprint density at radius 2 is 2.05 bits per heavy atom. The quantitative estimate of drug-likeness (QED) is 0.544. The third-order valence-electron chi connectivity index (χ3n) is 3.12. The summed E-state index contributed by atoms with van der Waals surface area (Å²) in [7, 11) is 1.68. The van der Waals surface area contributed by atoms with Gasteiger partial charge in [0.25, 0.3) is 0 Å². The van der Waals surface area contributed by atoms with Crippen molar-refractivity contribution in [2.24, 2.45) is 0 Å². The van der Waals surface area contributed by atoms with E-state index in [1.54, 1.807) is 19.3 Å². The zero-order chi connectivity index (χ0) is 15.5. The molecule has 1 unspecified atom stereocenters. The number of ether oxygens (including phenoxy) is 2. The minimum absolute atomic E-state index is 0.351. The van der Waals surface area contributed by atoms with Crippen molar-refractivity contribution < 1.29 is 9.47 Å². The van der Waals surface area contributed by atoms with Crippen LogP contribution in [0.4, 0.5) is 0 Å². The highest BCUT2D eigenvalue weighted by Gasteiger charge is 2.19. The van der Waals surface area contributed by atoms with E-state index in [2.05, 4.69) is 35.2 Å². The van der Waals surface area contributed by atoms with Crippen molar-refractivity contribution in [2.75, 3.05) is 12.4 Å². The molecule has 2 nitrogen and oxygen atoms in total. The van der Waals surface area contributed by atoms with Crippen molar-refractivity contribution in [1.82, 2.24) is 0 Å². The first kappa shape index (κ1) is 17.6. The van der Waals surface area contributed by atoms with Gasteiger partial charge in [0.15, 0.2) is 0 Å². The van der Waals surface area contributed by atoms with Gasteiger partial charge in [0.05, 0.1) is 13.2 Å². The van der Waals surface area contributed by atoms with E-state index in [1.165, 1.54) is 5.56 Å². The summed E-state index contributed by atoms with van der Waals surface area (Å²) in [6.07, 6.45) is 10.7. The van der Waals surface area contributed by atoms with Gasteiger partial charge in [0, 0.05) is 11.4 Å². The number of aryl methyl sites for hydroxylation is 1. The van der Waals surface area contributed by atoms with Crippen LogP contribution < -0.4 is 9.47 Å². The Labute approximate surface area is 136 Å². The lowest BCUT2D eigenvalue weighted by atomic mass is 10.0. The lowest BCUT2D eigenvalue weighted by Gasteiger charge is -2.25. The highest BCUT2D eigenvalue weighted by atomic mass is 79.9. The Kier molecular flexibility index (Phi) is 8.60. The van der Waals surface area contributed by atoms with Crippen molar-refractivity contribution in [3.8, 4) is 11.5 Å². The van der Waals surface area contributed by atoms with Crippen LogP contribution in [0.25, 0.3) is 0 Å². The Morgan fingerprint density at radius 1 is 1.33 bits per heavy atom. The molecule has 0 fully saturated rings. The van der Waals surface area contributed by atoms with Crippen LogP contribution in [0.3, 0.4) is 0 Å². The largest absolute Gasteiger partial charge is 0.497 e. The summed E-state index contributed by atoms with van der Waals surface area (Å²) in [6, 6.07) is 6.07. The van der Waals surface area contributed by atoms with Crippen LogP contribution in [0.15, 0.2) is 55.7 Å². The minimum Gasteiger partial charge on any atom is -0.497 e. The monoisotopic (exact) mass is 350 g/mol. The molecule has 21 heavy (non-hydrogen) atoms. The van der Waals surface area contributed by atoms with E-state index in [0.29, 0.717) is 6.10 Å². The average molecular weight is 351 g/mol. The Bertz CT molecular complexity index is 470. The van der Waals surface area contributed by atoms with Crippen LogP contribution in [0.1, 0.15) is 18.4 Å². The molecular weight excluding hydrogens is 328 g/mol. The lowest BCUT2D eigenvalue weighted by Crippen LogP contribution is -2.22. The van der Waals surface area contributed by atoms with E-state index in [0.717, 1.165) is 36.1 Å². The molecule has 1 heterocycles. The fraction of sp³-hybridized carbons (Fsp3) is 0.333. The molecule has 0 spiro atoms. The van der Waals surface area contributed by atoms with Gasteiger partial charge in [-0.15, -0.1) is 0 Å². The van der Waals surface area contributed by atoms with Crippen molar-refractivity contribution in [3.05, 3.63) is 61.2 Å². The normalized spacial score (nSPS) is 16.2. The van der Waals surface area contributed by atoms with E-state index in [4.69, 9.17) is 9.47 Å². The van der Waals surface area contributed by atoms with Crippen molar-refractivity contribution in [2.45, 2.75) is 25.4 Å². The van der Waals surface area contributed by atoms with Crippen LogP contribution in [0, 0.1) is 0 Å². The smallest absolute Gasteiger partial charge is 0.126 e. The molecule has 1 atom stereocenters. The first-order valence-corrected chi connectivity index (χ1v) is 8.17. The van der Waals surface area contributed by atoms with Gasteiger partial charge in [-0.05, 0) is 30.9 Å². The molecule has 0 aromatic heterocycles. The lowest BCUT2D eigenvalue weighted by molar-refractivity contribution is 0.170. The molecule has 0 radical (unpaired) electrons. The summed E-state index contributed by atoms with van der Waals surface area (Å²) in [6.45, 7) is 6.93. The molecule has 114 valence electrons. The SMILES string of the molecule is C=C/C=C\C=C.COc1ccc2c(c1)OC(CCBr)CC2. The molecule has 0 N–H and O–H groups in total. The Balaban J connectivity index is 0.000000315. The van der Waals surface area contributed by atoms with Crippen LogP contribution in [-0.2, 0) is 6.42 Å². The maximum absolute atomic E-state index is 5.90. The number of benzene rings is 1. The number of hydrogen-bond acceptors (Lipinski definition) is 2. The first-order valence-electron chi connectivity index (χ1n) is 7.04. The molecule has 0 aliphatic carbocycles. The van der Waals surface area contributed by atoms with Gasteiger partial charge < -0.3 is 9.47 Å². The maximum Gasteiger partial charge on any atom is 0.126 e. The van der Waals surface area contributed by atoms with Crippen molar-refractivity contribution in [3.63, 3.8) is 0 Å². The topological polar surface area (TPSA) is 18.5 Å². The van der Waals surface area contributed by atoms with Gasteiger partial charge in [0.1, 0.15) is 11.5 Å². The number of methoxy groups -OCH3 is 1. The molecular formula is C18H23BrO2. The third kappa shape index (κ3) is 6.21. The standard InChI is InChI=1S/C12H15BrO2.C6H8/c1-14-11-5-3-9-2-4-10(6-7-13)15-12(9)8-11;1-3-5-6-4-2/h3,5,8,10H,2,4,6-7H2,1H3;3-6H,1-2H2/b;6-5-. The summed E-state index contributed by atoms with van der Waals surface area (Å²) in [4.78, 5) is 0. The number of rotatable bonds is 5. The number of fused-ring (bicyclic) bond motifs is 1. The van der Waals surface area contributed by atoms with Crippen molar-refractivity contribution in [1.29, 1.82) is 0 Å². The Morgan fingerprint density at radius 3 is 2.62 bits per heavy atom. The van der Waals surface area contributed by atoms with Gasteiger partial charge >= 0.3 is 0 Å². The predicted octanol–water partition coefficient (Wildman–Crippen LogP) is 5.09. The molecule has 0 bridgehead atoms. The van der Waals surface area contributed by atoms with Gasteiger partial charge in [-0.2, -0.15) is 0 Å². The molecule has 1 aromatic carbocycles. The molecule has 2 rings (SSSR count). The molecule has 1 aliphatic heterocycles. The van der Waals surface area contributed by atoms with E-state index >= 15 is 0 Å². The number of hydrogen-bond donors (Lipinski definition) is 0. The van der Waals surface area contributed by atoms with Gasteiger partial charge in [0.2, 0.25) is 0 Å². The second-order valence-electron chi connectivity index (χ2n) is 4.59. The number of halogens is 1. The maximum atomic E-state index is 5.90. The van der Waals surface area contributed by atoms with Crippen molar-refractivity contribution >= 4 is 15.9 Å². The fourth-order valence-corrected chi connectivity index (χ4v) is 2.53. The third-order valence-corrected chi connectivity index (χ3v) is 3.58. The Hall–Kier alpha value is -1.48. The molecule has 1 aliphatic rings. The summed E-state index contributed by atoms with van der Waals surface area (Å²) in [5.41, 5.74) is 1.29. The average Bonchev–Trinajstić information content (AvgIpc) is 2.53. The fourth-order valence-electron chi connectivity index (χ4n) is 2.02. The molecule has 1 aromatic rings. The van der Waals surface area contributed by atoms with Crippen LogP contribution in [0.2, 0.25) is 0 Å². The zero-order valence-corrected chi connectivity index (χ0v) is 14.1. The van der Waals surface area contributed by atoms with E-state index in [1.807, 2.05) is 24.3 Å². The highest BCUT2D eigenvalue weighted by molar-refractivity contribution is 9.09. The van der Waals surface area contributed by atoms with Crippen LogP contribution in [0.5, 0.6) is 11.5 Å². The van der Waals surface area contributed by atoms with E-state index in [-0.39, 0.29) is 0 Å². The second kappa shape index (κ2) is 10.3. The van der Waals surface area contributed by atoms with E-state index < -0.39 is 0 Å². The number of allylic oxidation sites excluding steroid dienone is 4. The molecule has 0 saturated carbocycles. The van der Waals surface area contributed by atoms with E-state index in [9.17, 15) is 0 Å². The highest BCUT2D eigenvalue weighted by Crippen LogP contribution is 2.32. The molecule has 0 amide bonds. The summed E-state index contributed by atoms with van der Waals surface area (Å²) < 4.78 is 11.1. The summed E-state index contributed by atoms with van der Waals surface area (Å²) in [5.74, 6) is 1.86. The summed E-state index contributed by atoms with van der Waals surface area (Å²) in [5, 5.41) is 0.997. The van der Waals surface area contributed by atoms with Gasteiger partial charge in [-0.25, -0.2) is 0 Å². The summed E-state index contributed by atoms with van der Waals surface area (Å²) >= 11 is 3.45. The first-order chi connectivity index (χ1) is 10.2. The number of alkyl halides is 1. The van der Waals surface area contributed by atoms with Crippen LogP contribution in [-0.4, -0.2) is 18.5 Å². The van der Waals surface area contributed by atoms with Crippen LogP contribution >= 0.6 is 15.9 Å². The van der Waals surface area contributed by atoms with Gasteiger partial charge in [-0.3, -0.25) is 0 Å². The van der Waals surface area contributed by atoms with Gasteiger partial charge in [-0.1, -0.05) is 59.5 Å². The molecule has 0 saturated heterocycles. The second-order valence-corrected chi connectivity index (χ2v) is 5.38. The zero-order valence-electron chi connectivity index (χ0n) is 12.6. The molecule has 3 heteroatoms. The minimum atomic E-state index is 0.351. The predicted molar refractivity (Wildman–Crippen MR) is 93.7 cm³/mol.